The van der Waals surface area contributed by atoms with Gasteiger partial charge in [0.1, 0.15) is 0 Å². The van der Waals surface area contributed by atoms with Crippen molar-refractivity contribution in [3.05, 3.63) is 16.1 Å². The fourth-order valence-corrected chi connectivity index (χ4v) is 4.75. The molecule has 154 valence electrons. The highest BCUT2D eigenvalue weighted by Gasteiger charge is 2.27. The molecule has 0 amide bonds. The molecule has 0 saturated carbocycles. The molecule has 7 heteroatoms. The Morgan fingerprint density at radius 1 is 1.30 bits per heavy atom. The van der Waals surface area contributed by atoms with Crippen LogP contribution in [0.2, 0.25) is 0 Å². The van der Waals surface area contributed by atoms with Crippen LogP contribution in [0.3, 0.4) is 0 Å². The summed E-state index contributed by atoms with van der Waals surface area (Å²) >= 11 is 1.75. The van der Waals surface area contributed by atoms with Crippen LogP contribution in [0.15, 0.2) is 10.4 Å². The van der Waals surface area contributed by atoms with E-state index in [-0.39, 0.29) is 24.0 Å². The van der Waals surface area contributed by atoms with E-state index in [1.807, 2.05) is 0 Å². The average molecular weight is 506 g/mol. The second kappa shape index (κ2) is 11.6. The zero-order valence-electron chi connectivity index (χ0n) is 17.1. The molecule has 1 aromatic rings. The minimum Gasteiger partial charge on any atom is -0.357 e. The lowest BCUT2D eigenvalue weighted by Crippen LogP contribution is -2.41. The van der Waals surface area contributed by atoms with Gasteiger partial charge < -0.3 is 15.1 Å². The number of thiazole rings is 1. The molecule has 0 spiro atoms. The number of hydrogen-bond acceptors (Lipinski definition) is 4. The number of halogens is 1. The summed E-state index contributed by atoms with van der Waals surface area (Å²) in [7, 11) is 0. The summed E-state index contributed by atoms with van der Waals surface area (Å²) in [5, 5.41) is 6.86. The molecule has 2 aliphatic rings. The number of hydrogen-bond donors (Lipinski definition) is 1. The van der Waals surface area contributed by atoms with E-state index in [1.54, 1.807) is 11.3 Å². The van der Waals surface area contributed by atoms with Gasteiger partial charge in [0.15, 0.2) is 5.96 Å². The minimum atomic E-state index is 0. The molecule has 3 heterocycles. The molecule has 1 unspecified atom stereocenters. The maximum Gasteiger partial charge on any atom is 0.194 e. The maximum absolute atomic E-state index is 4.88. The fourth-order valence-electron chi connectivity index (χ4n) is 3.92. The third kappa shape index (κ3) is 6.85. The zero-order chi connectivity index (χ0) is 18.4. The molecule has 2 saturated heterocycles. The van der Waals surface area contributed by atoms with Crippen LogP contribution >= 0.6 is 35.3 Å². The molecule has 1 N–H and O–H groups in total. The Kier molecular flexibility index (Phi) is 9.79. The van der Waals surface area contributed by atoms with Gasteiger partial charge in [-0.3, -0.25) is 0 Å². The summed E-state index contributed by atoms with van der Waals surface area (Å²) in [6.07, 6.45) is 5.47. The van der Waals surface area contributed by atoms with Crippen LogP contribution in [-0.2, 0) is 6.54 Å². The molecule has 0 aliphatic carbocycles. The first kappa shape index (κ1) is 22.9. The van der Waals surface area contributed by atoms with Crippen molar-refractivity contribution in [1.29, 1.82) is 0 Å². The van der Waals surface area contributed by atoms with Crippen molar-refractivity contribution >= 4 is 41.3 Å². The molecule has 5 nitrogen and oxygen atoms in total. The van der Waals surface area contributed by atoms with Crippen LogP contribution in [0, 0.1) is 5.92 Å². The van der Waals surface area contributed by atoms with Crippen molar-refractivity contribution in [3.8, 4) is 0 Å². The number of nitrogens with zero attached hydrogens (tertiary/aromatic N) is 4. The number of rotatable bonds is 6. The monoisotopic (exact) mass is 505 g/mol. The molecule has 1 atom stereocenters. The highest BCUT2D eigenvalue weighted by atomic mass is 127. The van der Waals surface area contributed by atoms with Gasteiger partial charge in [-0.2, -0.15) is 0 Å². The second-order valence-electron chi connectivity index (χ2n) is 7.96. The van der Waals surface area contributed by atoms with Crippen LogP contribution in [0.25, 0.3) is 0 Å². The van der Waals surface area contributed by atoms with E-state index in [0.29, 0.717) is 12.5 Å². The van der Waals surface area contributed by atoms with E-state index >= 15 is 0 Å². The summed E-state index contributed by atoms with van der Waals surface area (Å²) in [5.41, 5.74) is 1.10. The Morgan fingerprint density at radius 3 is 2.74 bits per heavy atom. The first-order chi connectivity index (χ1) is 12.7. The average Bonchev–Trinajstić information content (AvgIpc) is 3.29. The van der Waals surface area contributed by atoms with Crippen LogP contribution in [-0.4, -0.2) is 60.0 Å². The standard InChI is InChI=1S/C20H35N5S.HI/c1-4-21-20(22-12-18-15-26-19(23-18)16(2)3)25-11-8-17(14-25)13-24-9-6-5-7-10-24;/h15-17H,4-14H2,1-3H3,(H,21,22);1H. The Morgan fingerprint density at radius 2 is 2.07 bits per heavy atom. The van der Waals surface area contributed by atoms with Gasteiger partial charge in [-0.1, -0.05) is 20.3 Å². The molecule has 0 aromatic carbocycles. The van der Waals surface area contributed by atoms with Crippen molar-refractivity contribution in [3.63, 3.8) is 0 Å². The van der Waals surface area contributed by atoms with Gasteiger partial charge in [-0.15, -0.1) is 35.3 Å². The Balaban J connectivity index is 0.00000261. The molecular weight excluding hydrogens is 469 g/mol. The number of nitrogens with one attached hydrogen (secondary N) is 1. The number of guanidine groups is 1. The van der Waals surface area contributed by atoms with Gasteiger partial charge >= 0.3 is 0 Å². The Hall–Kier alpha value is -0.410. The highest BCUT2D eigenvalue weighted by Crippen LogP contribution is 2.21. The number of aliphatic imine (C=N–C) groups is 1. The van der Waals surface area contributed by atoms with Gasteiger partial charge in [-0.05, 0) is 45.2 Å². The molecular formula is C20H36IN5S. The van der Waals surface area contributed by atoms with E-state index in [1.165, 1.54) is 50.3 Å². The van der Waals surface area contributed by atoms with Crippen molar-refractivity contribution in [2.75, 3.05) is 39.3 Å². The van der Waals surface area contributed by atoms with E-state index < -0.39 is 0 Å². The van der Waals surface area contributed by atoms with E-state index in [4.69, 9.17) is 9.98 Å². The Bertz CT molecular complexity index is 583. The second-order valence-corrected chi connectivity index (χ2v) is 8.85. The lowest BCUT2D eigenvalue weighted by atomic mass is 10.1. The zero-order valence-corrected chi connectivity index (χ0v) is 20.3. The van der Waals surface area contributed by atoms with Gasteiger partial charge in [0.05, 0.1) is 17.2 Å². The lowest BCUT2D eigenvalue weighted by molar-refractivity contribution is 0.198. The molecule has 27 heavy (non-hydrogen) atoms. The summed E-state index contributed by atoms with van der Waals surface area (Å²) < 4.78 is 0. The van der Waals surface area contributed by atoms with Crippen molar-refractivity contribution < 1.29 is 0 Å². The smallest absolute Gasteiger partial charge is 0.194 e. The van der Waals surface area contributed by atoms with Gasteiger partial charge in [0.25, 0.3) is 0 Å². The summed E-state index contributed by atoms with van der Waals surface area (Å²) in [6.45, 7) is 14.3. The highest BCUT2D eigenvalue weighted by molar-refractivity contribution is 14.0. The topological polar surface area (TPSA) is 43.8 Å². The maximum atomic E-state index is 4.88. The minimum absolute atomic E-state index is 0. The van der Waals surface area contributed by atoms with E-state index in [0.717, 1.165) is 37.2 Å². The molecule has 3 rings (SSSR count). The third-order valence-corrected chi connectivity index (χ3v) is 6.53. The number of aromatic nitrogens is 1. The van der Waals surface area contributed by atoms with Crippen molar-refractivity contribution in [2.45, 2.75) is 58.9 Å². The van der Waals surface area contributed by atoms with Gasteiger partial charge in [-0.25, -0.2) is 9.98 Å². The van der Waals surface area contributed by atoms with Crippen molar-refractivity contribution in [2.24, 2.45) is 10.9 Å². The lowest BCUT2D eigenvalue weighted by Gasteiger charge is -2.29. The SMILES string of the molecule is CCNC(=NCc1csc(C(C)C)n1)N1CCC(CN2CCCCC2)C1.I. The van der Waals surface area contributed by atoms with Gasteiger partial charge in [0.2, 0.25) is 0 Å². The quantitative estimate of drug-likeness (QED) is 0.358. The first-order valence-corrected chi connectivity index (χ1v) is 11.2. The van der Waals surface area contributed by atoms with Crippen LogP contribution < -0.4 is 5.32 Å². The largest absolute Gasteiger partial charge is 0.357 e. The van der Waals surface area contributed by atoms with Crippen LogP contribution in [0.1, 0.15) is 63.1 Å². The fraction of sp³-hybridized carbons (Fsp3) is 0.800. The molecule has 0 radical (unpaired) electrons. The van der Waals surface area contributed by atoms with Gasteiger partial charge in [0, 0.05) is 37.5 Å². The van der Waals surface area contributed by atoms with E-state index in [9.17, 15) is 0 Å². The van der Waals surface area contributed by atoms with Crippen LogP contribution in [0.4, 0.5) is 0 Å². The molecule has 2 aliphatic heterocycles. The summed E-state index contributed by atoms with van der Waals surface area (Å²) in [6, 6.07) is 0. The normalized spacial score (nSPS) is 21.6. The van der Waals surface area contributed by atoms with Crippen molar-refractivity contribution in [1.82, 2.24) is 20.1 Å². The molecule has 1 aromatic heterocycles. The Labute approximate surface area is 186 Å². The number of piperidine rings is 1. The third-order valence-electron chi connectivity index (χ3n) is 5.34. The summed E-state index contributed by atoms with van der Waals surface area (Å²) in [4.78, 5) is 14.7. The predicted octanol–water partition coefficient (Wildman–Crippen LogP) is 4.16. The molecule has 0 bridgehead atoms. The van der Waals surface area contributed by atoms with Crippen LogP contribution in [0.5, 0.6) is 0 Å². The van der Waals surface area contributed by atoms with E-state index in [2.05, 4.69) is 41.3 Å². The predicted molar refractivity (Wildman–Crippen MR) is 126 cm³/mol. The first-order valence-electron chi connectivity index (χ1n) is 10.4. The number of likely N-dealkylation sites (tertiary alicyclic amines) is 2. The molecule has 2 fully saturated rings. The summed E-state index contributed by atoms with van der Waals surface area (Å²) in [5.74, 6) is 2.34.